The number of anilines is 1. The fourth-order valence-corrected chi connectivity index (χ4v) is 2.27. The number of hydrogen-bond donors (Lipinski definition) is 1. The zero-order chi connectivity index (χ0) is 13.8. The van der Waals surface area contributed by atoms with Crippen LogP contribution in [0.15, 0.2) is 53.0 Å². The van der Waals surface area contributed by atoms with Crippen LogP contribution in [0.1, 0.15) is 0 Å². The van der Waals surface area contributed by atoms with Gasteiger partial charge in [0.15, 0.2) is 5.16 Å². The number of nitrogens with zero attached hydrogens (tertiary/aromatic N) is 6. The highest BCUT2D eigenvalue weighted by Gasteiger charge is 2.09. The van der Waals surface area contributed by atoms with Crippen molar-refractivity contribution in [2.45, 2.75) is 10.1 Å². The normalized spacial score (nSPS) is 10.4. The summed E-state index contributed by atoms with van der Waals surface area (Å²) in [5.74, 6) is 0.921. The van der Waals surface area contributed by atoms with Gasteiger partial charge >= 0.3 is 0 Å². The Balaban J connectivity index is 1.96. The van der Waals surface area contributed by atoms with Crippen LogP contribution in [0.4, 0.5) is 5.95 Å². The molecule has 1 aromatic carbocycles. The highest BCUT2D eigenvalue weighted by Crippen LogP contribution is 2.24. The first-order chi connectivity index (χ1) is 9.85. The maximum absolute atomic E-state index is 4.38. The molecule has 0 fully saturated rings. The zero-order valence-electron chi connectivity index (χ0n) is 10.6. The second-order valence-corrected chi connectivity index (χ2v) is 4.79. The lowest BCUT2D eigenvalue weighted by Gasteiger charge is -2.05. The summed E-state index contributed by atoms with van der Waals surface area (Å²) < 4.78 is 1.50. The van der Waals surface area contributed by atoms with E-state index in [-0.39, 0.29) is 0 Å². The minimum Gasteiger partial charge on any atom is -0.357 e. The third-order valence-electron chi connectivity index (χ3n) is 2.40. The average molecular weight is 285 g/mol. The number of nitrogens with one attached hydrogen (secondary N) is 1. The monoisotopic (exact) mass is 285 g/mol. The lowest BCUT2D eigenvalue weighted by molar-refractivity contribution is 0.761. The van der Waals surface area contributed by atoms with Crippen molar-refractivity contribution in [2.24, 2.45) is 0 Å². The van der Waals surface area contributed by atoms with E-state index < -0.39 is 0 Å². The molecule has 8 heteroatoms. The SMILES string of the molecule is CNc1nc(Sc2ccccc2)nc(-n2cncn2)n1. The first kappa shape index (κ1) is 12.5. The standard InChI is InChI=1S/C12H11N7S/c1-13-10-16-11(19-8-14-7-15-19)18-12(17-10)20-9-5-3-2-4-6-9/h2-8H,1H3,(H,13,16,17,18). The van der Waals surface area contributed by atoms with Gasteiger partial charge in [-0.15, -0.1) is 0 Å². The Morgan fingerprint density at radius 3 is 2.65 bits per heavy atom. The maximum atomic E-state index is 4.38. The molecule has 100 valence electrons. The molecule has 0 saturated heterocycles. The fourth-order valence-electron chi connectivity index (χ4n) is 1.51. The minimum atomic E-state index is 0.431. The van der Waals surface area contributed by atoms with Crippen molar-refractivity contribution in [2.75, 3.05) is 12.4 Å². The van der Waals surface area contributed by atoms with Crippen molar-refractivity contribution in [1.82, 2.24) is 29.7 Å². The second kappa shape index (κ2) is 5.66. The summed E-state index contributed by atoms with van der Waals surface area (Å²) in [7, 11) is 1.76. The summed E-state index contributed by atoms with van der Waals surface area (Å²) in [5, 5.41) is 7.54. The Morgan fingerprint density at radius 2 is 1.95 bits per heavy atom. The van der Waals surface area contributed by atoms with Gasteiger partial charge in [-0.2, -0.15) is 24.7 Å². The molecule has 7 nitrogen and oxygen atoms in total. The Labute approximate surface area is 119 Å². The van der Waals surface area contributed by atoms with Crippen LogP contribution >= 0.6 is 11.8 Å². The van der Waals surface area contributed by atoms with Gasteiger partial charge in [0.25, 0.3) is 5.95 Å². The Hall–Kier alpha value is -2.48. The van der Waals surface area contributed by atoms with Crippen LogP contribution in [0.2, 0.25) is 0 Å². The van der Waals surface area contributed by atoms with Crippen LogP contribution in [-0.2, 0) is 0 Å². The predicted molar refractivity (Wildman–Crippen MR) is 74.9 cm³/mol. The van der Waals surface area contributed by atoms with Crippen LogP contribution in [-0.4, -0.2) is 36.8 Å². The molecule has 0 amide bonds. The highest BCUT2D eigenvalue weighted by atomic mass is 32.2. The zero-order valence-corrected chi connectivity index (χ0v) is 11.4. The molecular formula is C12H11N7S. The summed E-state index contributed by atoms with van der Waals surface area (Å²) in [6.07, 6.45) is 2.98. The Bertz CT molecular complexity index is 684. The Morgan fingerprint density at radius 1 is 1.10 bits per heavy atom. The molecule has 0 spiro atoms. The number of benzene rings is 1. The molecule has 0 aliphatic rings. The molecule has 2 heterocycles. The van der Waals surface area contributed by atoms with Crippen molar-refractivity contribution in [3.8, 4) is 5.95 Å². The number of rotatable bonds is 4. The quantitative estimate of drug-likeness (QED) is 0.780. The lowest BCUT2D eigenvalue weighted by Crippen LogP contribution is -2.07. The molecule has 0 aliphatic heterocycles. The van der Waals surface area contributed by atoms with Crippen molar-refractivity contribution >= 4 is 17.7 Å². The molecule has 0 bridgehead atoms. The van der Waals surface area contributed by atoms with Gasteiger partial charge in [0.2, 0.25) is 5.95 Å². The second-order valence-electron chi connectivity index (χ2n) is 3.75. The summed E-state index contributed by atoms with van der Waals surface area (Å²) in [4.78, 5) is 17.9. The van der Waals surface area contributed by atoms with Crippen LogP contribution < -0.4 is 5.32 Å². The molecule has 1 N–H and O–H groups in total. The van der Waals surface area contributed by atoms with E-state index in [2.05, 4.69) is 30.4 Å². The van der Waals surface area contributed by atoms with Crippen LogP contribution in [0, 0.1) is 0 Å². The van der Waals surface area contributed by atoms with Crippen LogP contribution in [0.5, 0.6) is 0 Å². The fraction of sp³-hybridized carbons (Fsp3) is 0.0833. The van der Waals surface area contributed by atoms with E-state index >= 15 is 0 Å². The summed E-state index contributed by atoms with van der Waals surface area (Å²) >= 11 is 1.46. The minimum absolute atomic E-state index is 0.431. The van der Waals surface area contributed by atoms with Gasteiger partial charge in [0.1, 0.15) is 12.7 Å². The molecule has 3 aromatic rings. The van der Waals surface area contributed by atoms with E-state index in [1.165, 1.54) is 22.8 Å². The van der Waals surface area contributed by atoms with Crippen molar-refractivity contribution in [3.63, 3.8) is 0 Å². The van der Waals surface area contributed by atoms with Gasteiger partial charge in [-0.1, -0.05) is 18.2 Å². The highest BCUT2D eigenvalue weighted by molar-refractivity contribution is 7.99. The van der Waals surface area contributed by atoms with E-state index in [1.54, 1.807) is 13.4 Å². The van der Waals surface area contributed by atoms with E-state index in [4.69, 9.17) is 0 Å². The largest absolute Gasteiger partial charge is 0.357 e. The summed E-state index contributed by atoms with van der Waals surface area (Å²) in [6.45, 7) is 0. The van der Waals surface area contributed by atoms with E-state index in [9.17, 15) is 0 Å². The molecular weight excluding hydrogens is 274 g/mol. The van der Waals surface area contributed by atoms with E-state index in [1.807, 2.05) is 30.3 Å². The first-order valence-electron chi connectivity index (χ1n) is 5.87. The maximum Gasteiger partial charge on any atom is 0.257 e. The third-order valence-corrected chi connectivity index (χ3v) is 3.28. The van der Waals surface area contributed by atoms with Crippen LogP contribution in [0.3, 0.4) is 0 Å². The first-order valence-corrected chi connectivity index (χ1v) is 6.68. The molecule has 0 atom stereocenters. The average Bonchev–Trinajstić information content (AvgIpc) is 3.02. The molecule has 0 aliphatic carbocycles. The van der Waals surface area contributed by atoms with Gasteiger partial charge < -0.3 is 5.32 Å². The Kier molecular flexibility index (Phi) is 3.55. The van der Waals surface area contributed by atoms with E-state index in [0.717, 1.165) is 4.90 Å². The van der Waals surface area contributed by atoms with Gasteiger partial charge in [0, 0.05) is 11.9 Å². The third kappa shape index (κ3) is 2.75. The van der Waals surface area contributed by atoms with Gasteiger partial charge in [-0.3, -0.25) is 0 Å². The van der Waals surface area contributed by atoms with E-state index in [0.29, 0.717) is 17.1 Å². The molecule has 2 aromatic heterocycles. The lowest BCUT2D eigenvalue weighted by atomic mass is 10.4. The molecule has 0 radical (unpaired) electrons. The topological polar surface area (TPSA) is 81.4 Å². The number of aromatic nitrogens is 6. The molecule has 3 rings (SSSR count). The molecule has 0 saturated carbocycles. The van der Waals surface area contributed by atoms with Gasteiger partial charge in [0.05, 0.1) is 0 Å². The van der Waals surface area contributed by atoms with Crippen LogP contribution in [0.25, 0.3) is 5.95 Å². The van der Waals surface area contributed by atoms with Crippen molar-refractivity contribution in [1.29, 1.82) is 0 Å². The van der Waals surface area contributed by atoms with Gasteiger partial charge in [-0.25, -0.2) is 4.98 Å². The summed E-state index contributed by atoms with van der Waals surface area (Å²) in [6, 6.07) is 9.92. The van der Waals surface area contributed by atoms with Crippen molar-refractivity contribution < 1.29 is 0 Å². The smallest absolute Gasteiger partial charge is 0.257 e. The summed E-state index contributed by atoms with van der Waals surface area (Å²) in [5.41, 5.74) is 0. The number of hydrogen-bond acceptors (Lipinski definition) is 7. The van der Waals surface area contributed by atoms with Gasteiger partial charge in [-0.05, 0) is 23.9 Å². The predicted octanol–water partition coefficient (Wildman–Crippen LogP) is 1.65. The molecule has 20 heavy (non-hydrogen) atoms. The van der Waals surface area contributed by atoms with Crippen molar-refractivity contribution in [3.05, 3.63) is 43.0 Å². The molecule has 0 unspecified atom stereocenters.